The molecule has 1 aliphatic rings. The van der Waals surface area contributed by atoms with Gasteiger partial charge in [-0.1, -0.05) is 0 Å². The Morgan fingerprint density at radius 3 is 2.86 bits per heavy atom. The molecule has 3 nitrogen and oxygen atoms in total. The van der Waals surface area contributed by atoms with Gasteiger partial charge in [0.2, 0.25) is 0 Å². The first-order valence-corrected chi connectivity index (χ1v) is 5.21. The molecule has 0 aliphatic carbocycles. The molecule has 3 heteroatoms. The SMILES string of the molecule is CNc1ccc(N2CCCC2C)nc1. The molecule has 1 N–H and O–H groups in total. The van der Waals surface area contributed by atoms with Gasteiger partial charge >= 0.3 is 0 Å². The fourth-order valence-corrected chi connectivity index (χ4v) is 1.98. The van der Waals surface area contributed by atoms with Crippen LogP contribution < -0.4 is 10.2 Å². The molecule has 14 heavy (non-hydrogen) atoms. The van der Waals surface area contributed by atoms with Gasteiger partial charge in [0.15, 0.2) is 0 Å². The lowest BCUT2D eigenvalue weighted by molar-refractivity contribution is 0.727. The highest BCUT2D eigenvalue weighted by molar-refractivity contribution is 5.49. The number of aromatic nitrogens is 1. The van der Waals surface area contributed by atoms with Crippen molar-refractivity contribution in [2.24, 2.45) is 0 Å². The van der Waals surface area contributed by atoms with Crippen molar-refractivity contribution in [3.63, 3.8) is 0 Å². The molecule has 0 spiro atoms. The van der Waals surface area contributed by atoms with Crippen LogP contribution in [0.1, 0.15) is 19.8 Å². The summed E-state index contributed by atoms with van der Waals surface area (Å²) in [4.78, 5) is 6.82. The molecule has 0 saturated carbocycles. The summed E-state index contributed by atoms with van der Waals surface area (Å²) in [6, 6.07) is 4.81. The van der Waals surface area contributed by atoms with Gasteiger partial charge in [0.25, 0.3) is 0 Å². The molecule has 0 amide bonds. The average Bonchev–Trinajstić information content (AvgIpc) is 2.65. The van der Waals surface area contributed by atoms with Crippen molar-refractivity contribution in [1.82, 2.24) is 4.98 Å². The quantitative estimate of drug-likeness (QED) is 0.776. The zero-order valence-corrected chi connectivity index (χ0v) is 8.83. The Kier molecular flexibility index (Phi) is 2.57. The molecule has 76 valence electrons. The van der Waals surface area contributed by atoms with Gasteiger partial charge in [0.05, 0.1) is 11.9 Å². The first-order valence-electron chi connectivity index (χ1n) is 5.21. The third-order valence-electron chi connectivity index (χ3n) is 2.88. The van der Waals surface area contributed by atoms with Crippen molar-refractivity contribution in [3.8, 4) is 0 Å². The first-order chi connectivity index (χ1) is 6.81. The number of pyridine rings is 1. The Balaban J connectivity index is 2.16. The molecule has 1 aliphatic heterocycles. The Labute approximate surface area is 85.1 Å². The van der Waals surface area contributed by atoms with Crippen molar-refractivity contribution in [1.29, 1.82) is 0 Å². The average molecular weight is 191 g/mol. The van der Waals surface area contributed by atoms with Crippen molar-refractivity contribution in [3.05, 3.63) is 18.3 Å². The van der Waals surface area contributed by atoms with Gasteiger partial charge in [-0.15, -0.1) is 0 Å². The predicted octanol–water partition coefficient (Wildman–Crippen LogP) is 2.11. The fraction of sp³-hybridized carbons (Fsp3) is 0.545. The van der Waals surface area contributed by atoms with Crippen LogP contribution in [-0.4, -0.2) is 24.6 Å². The van der Waals surface area contributed by atoms with Gasteiger partial charge in [-0.3, -0.25) is 0 Å². The second-order valence-electron chi connectivity index (χ2n) is 3.84. The lowest BCUT2D eigenvalue weighted by Gasteiger charge is -2.22. The van der Waals surface area contributed by atoms with Crippen LogP contribution in [-0.2, 0) is 0 Å². The smallest absolute Gasteiger partial charge is 0.128 e. The van der Waals surface area contributed by atoms with E-state index in [1.807, 2.05) is 13.2 Å². The summed E-state index contributed by atoms with van der Waals surface area (Å²) in [7, 11) is 1.91. The minimum atomic E-state index is 0.642. The standard InChI is InChI=1S/C11H17N3/c1-9-4-3-7-14(9)11-6-5-10(12-2)8-13-11/h5-6,8-9,12H,3-4,7H2,1-2H3. The number of rotatable bonds is 2. The van der Waals surface area contributed by atoms with E-state index in [0.717, 1.165) is 18.1 Å². The highest BCUT2D eigenvalue weighted by Gasteiger charge is 2.20. The number of anilines is 2. The Hall–Kier alpha value is -1.25. The van der Waals surface area contributed by atoms with Crippen LogP contribution in [0.3, 0.4) is 0 Å². The first kappa shape index (κ1) is 9.31. The van der Waals surface area contributed by atoms with Crippen LogP contribution in [0.25, 0.3) is 0 Å². The minimum absolute atomic E-state index is 0.642. The molecule has 1 unspecified atom stereocenters. The highest BCUT2D eigenvalue weighted by atomic mass is 15.2. The Morgan fingerprint density at radius 1 is 1.50 bits per heavy atom. The number of nitrogens with zero attached hydrogens (tertiary/aromatic N) is 2. The van der Waals surface area contributed by atoms with Crippen LogP contribution in [0.2, 0.25) is 0 Å². The summed E-state index contributed by atoms with van der Waals surface area (Å²) in [5.41, 5.74) is 1.07. The molecule has 2 heterocycles. The van der Waals surface area contributed by atoms with E-state index in [4.69, 9.17) is 0 Å². The summed E-state index contributed by atoms with van der Waals surface area (Å²) in [6.07, 6.45) is 4.46. The lowest BCUT2D eigenvalue weighted by atomic mass is 10.2. The van der Waals surface area contributed by atoms with Gasteiger partial charge in [0.1, 0.15) is 5.82 Å². The zero-order valence-electron chi connectivity index (χ0n) is 8.83. The maximum absolute atomic E-state index is 4.45. The van der Waals surface area contributed by atoms with Crippen LogP contribution in [0.15, 0.2) is 18.3 Å². The van der Waals surface area contributed by atoms with Gasteiger partial charge in [-0.2, -0.15) is 0 Å². The number of hydrogen-bond donors (Lipinski definition) is 1. The molecule has 0 bridgehead atoms. The third-order valence-corrected chi connectivity index (χ3v) is 2.88. The number of nitrogens with one attached hydrogen (secondary N) is 1. The van der Waals surface area contributed by atoms with E-state index in [9.17, 15) is 0 Å². The normalized spacial score (nSPS) is 21.3. The van der Waals surface area contributed by atoms with Crippen LogP contribution in [0.4, 0.5) is 11.5 Å². The van der Waals surface area contributed by atoms with E-state index in [2.05, 4.69) is 34.3 Å². The molecule has 1 atom stereocenters. The topological polar surface area (TPSA) is 28.2 Å². The zero-order chi connectivity index (χ0) is 9.97. The summed E-state index contributed by atoms with van der Waals surface area (Å²) in [6.45, 7) is 3.41. The second-order valence-corrected chi connectivity index (χ2v) is 3.84. The number of hydrogen-bond acceptors (Lipinski definition) is 3. The third kappa shape index (κ3) is 1.67. The molecular formula is C11H17N3. The van der Waals surface area contributed by atoms with Gasteiger partial charge in [-0.05, 0) is 31.9 Å². The molecule has 1 fully saturated rings. The summed E-state index contributed by atoms with van der Waals surface area (Å²) >= 11 is 0. The van der Waals surface area contributed by atoms with Crippen molar-refractivity contribution in [2.75, 3.05) is 23.8 Å². The maximum atomic E-state index is 4.45. The fourth-order valence-electron chi connectivity index (χ4n) is 1.98. The van der Waals surface area contributed by atoms with Crippen LogP contribution >= 0.6 is 0 Å². The highest BCUT2D eigenvalue weighted by Crippen LogP contribution is 2.23. The molecular weight excluding hydrogens is 174 g/mol. The summed E-state index contributed by atoms with van der Waals surface area (Å²) in [5.74, 6) is 1.11. The maximum Gasteiger partial charge on any atom is 0.128 e. The van der Waals surface area contributed by atoms with E-state index >= 15 is 0 Å². The molecule has 1 aromatic heterocycles. The van der Waals surface area contributed by atoms with E-state index in [-0.39, 0.29) is 0 Å². The Morgan fingerprint density at radius 2 is 2.36 bits per heavy atom. The Bertz CT molecular complexity index is 294. The van der Waals surface area contributed by atoms with Crippen molar-refractivity contribution >= 4 is 11.5 Å². The molecule has 1 aromatic rings. The summed E-state index contributed by atoms with van der Waals surface area (Å²) < 4.78 is 0. The van der Waals surface area contributed by atoms with E-state index in [0.29, 0.717) is 6.04 Å². The molecule has 2 rings (SSSR count). The minimum Gasteiger partial charge on any atom is -0.387 e. The van der Waals surface area contributed by atoms with Crippen molar-refractivity contribution < 1.29 is 0 Å². The molecule has 1 saturated heterocycles. The monoisotopic (exact) mass is 191 g/mol. The largest absolute Gasteiger partial charge is 0.387 e. The van der Waals surface area contributed by atoms with Gasteiger partial charge in [-0.25, -0.2) is 4.98 Å². The predicted molar refractivity (Wildman–Crippen MR) is 59.8 cm³/mol. The van der Waals surface area contributed by atoms with Gasteiger partial charge < -0.3 is 10.2 Å². The van der Waals surface area contributed by atoms with Crippen LogP contribution in [0, 0.1) is 0 Å². The molecule has 0 radical (unpaired) electrons. The van der Waals surface area contributed by atoms with E-state index < -0.39 is 0 Å². The molecule has 0 aromatic carbocycles. The van der Waals surface area contributed by atoms with E-state index in [1.54, 1.807) is 0 Å². The second kappa shape index (κ2) is 3.86. The van der Waals surface area contributed by atoms with Gasteiger partial charge in [0, 0.05) is 19.6 Å². The summed E-state index contributed by atoms with van der Waals surface area (Å²) in [5, 5.41) is 3.07. The van der Waals surface area contributed by atoms with E-state index in [1.165, 1.54) is 12.8 Å². The van der Waals surface area contributed by atoms with Crippen molar-refractivity contribution in [2.45, 2.75) is 25.8 Å². The lowest BCUT2D eigenvalue weighted by Crippen LogP contribution is -2.26. The van der Waals surface area contributed by atoms with Crippen LogP contribution in [0.5, 0.6) is 0 Å².